The van der Waals surface area contributed by atoms with Crippen LogP contribution in [0.5, 0.6) is 0 Å². The molecule has 0 spiro atoms. The fourth-order valence-electron chi connectivity index (χ4n) is 5.13. The van der Waals surface area contributed by atoms with Crippen LogP contribution in [0.3, 0.4) is 0 Å². The van der Waals surface area contributed by atoms with E-state index in [9.17, 15) is 24.3 Å². The molecule has 11 heteroatoms. The van der Waals surface area contributed by atoms with Gasteiger partial charge in [0.05, 0.1) is 13.2 Å². The molecule has 11 nitrogen and oxygen atoms in total. The van der Waals surface area contributed by atoms with Crippen molar-refractivity contribution in [2.45, 2.75) is 71.1 Å². The summed E-state index contributed by atoms with van der Waals surface area (Å²) in [6.45, 7) is 4.00. The Morgan fingerprint density at radius 2 is 1.68 bits per heavy atom. The first-order valence-electron chi connectivity index (χ1n) is 13.9. The zero-order valence-corrected chi connectivity index (χ0v) is 23.2. The fourth-order valence-corrected chi connectivity index (χ4v) is 5.13. The van der Waals surface area contributed by atoms with Crippen molar-refractivity contribution in [1.29, 1.82) is 0 Å². The van der Waals surface area contributed by atoms with Gasteiger partial charge >= 0.3 is 12.1 Å². The van der Waals surface area contributed by atoms with E-state index in [0.717, 1.165) is 25.7 Å². The average Bonchev–Trinajstić information content (AvgIpc) is 3.56. The molecule has 1 saturated carbocycles. The summed E-state index contributed by atoms with van der Waals surface area (Å²) in [7, 11) is 0. The number of carbonyl (C=O) groups excluding carboxylic acids is 4. The van der Waals surface area contributed by atoms with Crippen LogP contribution in [0.15, 0.2) is 24.3 Å². The van der Waals surface area contributed by atoms with Gasteiger partial charge in [0.15, 0.2) is 0 Å². The number of amides is 5. The lowest BCUT2D eigenvalue weighted by Crippen LogP contribution is -2.54. The van der Waals surface area contributed by atoms with Crippen LogP contribution in [0.4, 0.5) is 15.3 Å². The molecular weight excluding hydrogens is 514 g/mol. The van der Waals surface area contributed by atoms with E-state index in [1.165, 1.54) is 0 Å². The number of hydrogen-bond donors (Lipinski definition) is 6. The lowest BCUT2D eigenvalue weighted by Gasteiger charge is -2.25. The molecule has 1 aromatic rings. The third-order valence-corrected chi connectivity index (χ3v) is 7.47. The molecular formula is C29H41N5O6. The first kappa shape index (κ1) is 30.8. The van der Waals surface area contributed by atoms with Gasteiger partial charge in [-0.25, -0.2) is 9.59 Å². The Kier molecular flexibility index (Phi) is 11.6. The van der Waals surface area contributed by atoms with Gasteiger partial charge in [-0.1, -0.05) is 26.0 Å². The van der Waals surface area contributed by atoms with E-state index in [1.54, 1.807) is 38.1 Å². The van der Waals surface area contributed by atoms with Crippen LogP contribution in [0.2, 0.25) is 0 Å². The summed E-state index contributed by atoms with van der Waals surface area (Å²) >= 11 is 0. The second-order valence-electron chi connectivity index (χ2n) is 10.7. The highest BCUT2D eigenvalue weighted by Crippen LogP contribution is 2.52. The molecule has 7 N–H and O–H groups in total. The smallest absolute Gasteiger partial charge is 0.407 e. The first-order valence-corrected chi connectivity index (χ1v) is 13.9. The van der Waals surface area contributed by atoms with Gasteiger partial charge in [-0.05, 0) is 67.1 Å². The van der Waals surface area contributed by atoms with Crippen molar-refractivity contribution in [2.24, 2.45) is 29.4 Å². The third-order valence-electron chi connectivity index (χ3n) is 7.47. The van der Waals surface area contributed by atoms with E-state index in [0.29, 0.717) is 42.0 Å². The highest BCUT2D eigenvalue weighted by atomic mass is 16.5. The molecule has 2 aliphatic rings. The second-order valence-corrected chi connectivity index (χ2v) is 10.7. The normalized spacial score (nSPS) is 20.8. The Morgan fingerprint density at radius 1 is 1.02 bits per heavy atom. The maximum absolute atomic E-state index is 13.3. The molecule has 1 aromatic carbocycles. The number of urea groups is 1. The number of ether oxygens (including phenoxy) is 1. The molecule has 0 heterocycles. The summed E-state index contributed by atoms with van der Waals surface area (Å²) in [5.74, 6) is 6.49. The van der Waals surface area contributed by atoms with Crippen molar-refractivity contribution in [1.82, 2.24) is 16.0 Å². The van der Waals surface area contributed by atoms with Crippen molar-refractivity contribution in [2.75, 3.05) is 18.5 Å². The summed E-state index contributed by atoms with van der Waals surface area (Å²) < 4.78 is 5.50. The molecule has 3 rings (SSSR count). The Labute approximate surface area is 235 Å². The molecule has 2 aliphatic carbocycles. The number of nitrogens with one attached hydrogen (secondary N) is 4. The zero-order valence-electron chi connectivity index (χ0n) is 23.2. The Balaban J connectivity index is 1.56. The molecule has 5 amide bonds. The summed E-state index contributed by atoms with van der Waals surface area (Å²) in [4.78, 5) is 50.0. The summed E-state index contributed by atoms with van der Waals surface area (Å²) in [5.41, 5.74) is 6.31. The quantitative estimate of drug-likeness (QED) is 0.161. The predicted octanol–water partition coefficient (Wildman–Crippen LogP) is 2.24. The highest BCUT2D eigenvalue weighted by molar-refractivity contribution is 5.98. The minimum absolute atomic E-state index is 0.122. The van der Waals surface area contributed by atoms with Crippen LogP contribution in [-0.2, 0) is 20.9 Å². The summed E-state index contributed by atoms with van der Waals surface area (Å²) in [6.07, 6.45) is 3.72. The summed E-state index contributed by atoms with van der Waals surface area (Å²) in [6, 6.07) is 4.12. The SMILES string of the molecule is CC(C)[C@H](NC(=O)OC[C@@H]1[C@@H]2CCC#CCC[C@@H]21)C(=O)N[C@@H](CCCNC(N)=O)C(=O)Nc1ccc(CO)cc1. The molecule has 5 atom stereocenters. The maximum atomic E-state index is 13.3. The molecule has 218 valence electrons. The van der Waals surface area contributed by atoms with Gasteiger partial charge in [0.2, 0.25) is 11.8 Å². The Morgan fingerprint density at radius 3 is 2.25 bits per heavy atom. The van der Waals surface area contributed by atoms with Crippen LogP contribution in [0.1, 0.15) is 57.9 Å². The number of aliphatic hydroxyl groups excluding tert-OH is 1. The van der Waals surface area contributed by atoms with Gasteiger partial charge in [0, 0.05) is 25.1 Å². The lowest BCUT2D eigenvalue weighted by atomic mass is 10.0. The maximum Gasteiger partial charge on any atom is 0.407 e. The lowest BCUT2D eigenvalue weighted by molar-refractivity contribution is -0.128. The zero-order chi connectivity index (χ0) is 29.1. The van der Waals surface area contributed by atoms with Crippen molar-refractivity contribution in [3.63, 3.8) is 0 Å². The second kappa shape index (κ2) is 15.1. The number of fused-ring (bicyclic) bond motifs is 1. The van der Waals surface area contributed by atoms with Crippen LogP contribution < -0.4 is 27.0 Å². The van der Waals surface area contributed by atoms with Crippen molar-refractivity contribution in [3.05, 3.63) is 29.8 Å². The largest absolute Gasteiger partial charge is 0.449 e. The van der Waals surface area contributed by atoms with E-state index in [-0.39, 0.29) is 25.5 Å². The van der Waals surface area contributed by atoms with Crippen LogP contribution in [-0.4, -0.2) is 54.3 Å². The number of hydrogen-bond acceptors (Lipinski definition) is 6. The van der Waals surface area contributed by atoms with Crippen molar-refractivity contribution < 1.29 is 29.0 Å². The van der Waals surface area contributed by atoms with Gasteiger partial charge < -0.3 is 36.8 Å². The van der Waals surface area contributed by atoms with Gasteiger partial charge in [0.1, 0.15) is 12.1 Å². The number of primary amides is 1. The number of nitrogens with two attached hydrogens (primary N) is 1. The van der Waals surface area contributed by atoms with Gasteiger partial charge in [-0.2, -0.15) is 0 Å². The third kappa shape index (κ3) is 9.45. The number of alkyl carbamates (subject to hydrolysis) is 1. The number of carbonyl (C=O) groups is 4. The minimum atomic E-state index is -0.941. The molecule has 0 saturated heterocycles. The van der Waals surface area contributed by atoms with E-state index >= 15 is 0 Å². The molecule has 0 bridgehead atoms. The molecule has 0 aromatic heterocycles. The predicted molar refractivity (Wildman–Crippen MR) is 150 cm³/mol. The molecule has 40 heavy (non-hydrogen) atoms. The fraction of sp³-hybridized carbons (Fsp3) is 0.586. The Bertz CT molecular complexity index is 1080. The van der Waals surface area contributed by atoms with Crippen LogP contribution >= 0.6 is 0 Å². The van der Waals surface area contributed by atoms with Gasteiger partial charge in [-0.15, -0.1) is 11.8 Å². The highest BCUT2D eigenvalue weighted by Gasteiger charge is 2.49. The number of rotatable bonds is 13. The minimum Gasteiger partial charge on any atom is -0.449 e. The Hall–Kier alpha value is -3.78. The van der Waals surface area contributed by atoms with E-state index in [1.807, 2.05) is 0 Å². The van der Waals surface area contributed by atoms with Crippen LogP contribution in [0.25, 0.3) is 0 Å². The average molecular weight is 556 g/mol. The van der Waals surface area contributed by atoms with Crippen LogP contribution in [0, 0.1) is 35.5 Å². The van der Waals surface area contributed by atoms with Crippen molar-refractivity contribution in [3.8, 4) is 11.8 Å². The molecule has 0 aliphatic heterocycles. The van der Waals surface area contributed by atoms with E-state index < -0.39 is 36.0 Å². The van der Waals surface area contributed by atoms with E-state index in [4.69, 9.17) is 10.5 Å². The monoisotopic (exact) mass is 555 g/mol. The van der Waals surface area contributed by atoms with E-state index in [2.05, 4.69) is 33.1 Å². The number of benzene rings is 1. The number of anilines is 1. The molecule has 0 unspecified atom stereocenters. The number of aliphatic hydroxyl groups is 1. The van der Waals surface area contributed by atoms with Crippen molar-refractivity contribution >= 4 is 29.6 Å². The van der Waals surface area contributed by atoms with Gasteiger partial charge in [-0.3, -0.25) is 9.59 Å². The standard InChI is InChI=1S/C29H41N5O6/c1-18(2)25(34-29(39)40-17-23-21-8-5-3-4-6-9-22(21)23)27(37)33-24(10-7-15-31-28(30)38)26(36)32-20-13-11-19(16-35)12-14-20/h11-14,18,21-25,35H,5-10,15-17H2,1-2H3,(H,32,36)(H,33,37)(H,34,39)(H3,30,31,38)/t21-,22+,23-,24-,25-/m0/s1. The first-order chi connectivity index (χ1) is 19.2. The summed E-state index contributed by atoms with van der Waals surface area (Å²) in [5, 5.41) is 19.9. The van der Waals surface area contributed by atoms with Gasteiger partial charge in [0.25, 0.3) is 0 Å². The molecule has 1 fully saturated rings. The molecule has 0 radical (unpaired) electrons. The topological polar surface area (TPSA) is 172 Å².